The van der Waals surface area contributed by atoms with E-state index in [-0.39, 0.29) is 31.1 Å². The van der Waals surface area contributed by atoms with Crippen molar-refractivity contribution >= 4 is 40.2 Å². The van der Waals surface area contributed by atoms with Gasteiger partial charge in [-0.1, -0.05) is 12.1 Å². The SMILES string of the molecule is CCOC(=O)c1ccc(Cn2c(C(=O)NC3CCC(N)CC3)c(N)c3ccc(NC(=O)O)cc32)cc1. The van der Waals surface area contributed by atoms with Gasteiger partial charge in [-0.2, -0.15) is 0 Å². The number of nitrogens with one attached hydrogen (secondary N) is 2. The summed E-state index contributed by atoms with van der Waals surface area (Å²) >= 11 is 0. The normalized spacial score (nSPS) is 17.5. The fourth-order valence-corrected chi connectivity index (χ4v) is 4.65. The number of nitrogen functional groups attached to an aromatic ring is 1. The van der Waals surface area contributed by atoms with E-state index in [1.165, 1.54) is 0 Å². The first-order valence-corrected chi connectivity index (χ1v) is 12.0. The largest absolute Gasteiger partial charge is 0.465 e. The smallest absolute Gasteiger partial charge is 0.409 e. The number of carboxylic acid groups (broad SMARTS) is 1. The van der Waals surface area contributed by atoms with E-state index in [2.05, 4.69) is 10.6 Å². The molecule has 1 fully saturated rings. The molecular weight excluding hydrogens is 462 g/mol. The lowest BCUT2D eigenvalue weighted by molar-refractivity contribution is 0.0526. The first-order chi connectivity index (χ1) is 17.3. The van der Waals surface area contributed by atoms with E-state index in [9.17, 15) is 14.4 Å². The minimum atomic E-state index is -1.19. The molecule has 1 heterocycles. The molecule has 2 aromatic carbocycles. The summed E-state index contributed by atoms with van der Waals surface area (Å²) in [7, 11) is 0. The van der Waals surface area contributed by atoms with Crippen LogP contribution >= 0.6 is 0 Å². The van der Waals surface area contributed by atoms with Gasteiger partial charge in [-0.05, 0) is 68.5 Å². The minimum Gasteiger partial charge on any atom is -0.465 e. The maximum atomic E-state index is 13.5. The molecule has 7 N–H and O–H groups in total. The molecule has 1 aromatic heterocycles. The number of carbonyl (C=O) groups excluding carboxylic acids is 2. The maximum Gasteiger partial charge on any atom is 0.409 e. The van der Waals surface area contributed by atoms with Crippen LogP contribution in [0, 0.1) is 0 Å². The Morgan fingerprint density at radius 3 is 2.42 bits per heavy atom. The van der Waals surface area contributed by atoms with Gasteiger partial charge in [0.1, 0.15) is 5.69 Å². The number of hydrogen-bond acceptors (Lipinski definition) is 6. The van der Waals surface area contributed by atoms with Gasteiger partial charge in [0.25, 0.3) is 5.91 Å². The van der Waals surface area contributed by atoms with Crippen LogP contribution in [0.5, 0.6) is 0 Å². The number of esters is 1. The van der Waals surface area contributed by atoms with E-state index in [1.54, 1.807) is 54.0 Å². The molecule has 3 aromatic rings. The van der Waals surface area contributed by atoms with E-state index in [0.29, 0.717) is 33.5 Å². The molecule has 0 saturated heterocycles. The van der Waals surface area contributed by atoms with E-state index in [4.69, 9.17) is 21.3 Å². The number of aromatic nitrogens is 1. The van der Waals surface area contributed by atoms with Crippen molar-refractivity contribution in [3.05, 3.63) is 59.3 Å². The summed E-state index contributed by atoms with van der Waals surface area (Å²) in [6, 6.07) is 12.1. The van der Waals surface area contributed by atoms with Crippen molar-refractivity contribution in [2.24, 2.45) is 5.73 Å². The van der Waals surface area contributed by atoms with Crippen molar-refractivity contribution in [1.82, 2.24) is 9.88 Å². The molecule has 10 heteroatoms. The Hall–Kier alpha value is -4.05. The summed E-state index contributed by atoms with van der Waals surface area (Å²) in [4.78, 5) is 36.7. The van der Waals surface area contributed by atoms with Gasteiger partial charge in [0, 0.05) is 29.7 Å². The van der Waals surface area contributed by atoms with Crippen LogP contribution in [0.2, 0.25) is 0 Å². The Labute approximate surface area is 208 Å². The summed E-state index contributed by atoms with van der Waals surface area (Å²) < 4.78 is 6.82. The molecule has 0 aliphatic heterocycles. The zero-order valence-corrected chi connectivity index (χ0v) is 20.1. The fraction of sp³-hybridized carbons (Fsp3) is 0.346. The van der Waals surface area contributed by atoms with Crippen molar-refractivity contribution in [3.8, 4) is 0 Å². The number of ether oxygens (including phenoxy) is 1. The van der Waals surface area contributed by atoms with Crippen LogP contribution < -0.4 is 22.1 Å². The Bertz CT molecular complexity index is 1280. The van der Waals surface area contributed by atoms with Crippen LogP contribution in [0.1, 0.15) is 59.0 Å². The number of amides is 2. The highest BCUT2D eigenvalue weighted by Gasteiger charge is 2.26. The summed E-state index contributed by atoms with van der Waals surface area (Å²) in [5.74, 6) is -0.698. The number of carbonyl (C=O) groups is 3. The Kier molecular flexibility index (Phi) is 7.44. The molecule has 4 rings (SSSR count). The molecule has 1 saturated carbocycles. The van der Waals surface area contributed by atoms with Gasteiger partial charge in [0.15, 0.2) is 0 Å². The van der Waals surface area contributed by atoms with Crippen LogP contribution in [0.3, 0.4) is 0 Å². The first kappa shape index (κ1) is 25.1. The minimum absolute atomic E-state index is 0.0104. The number of anilines is 2. The highest BCUT2D eigenvalue weighted by atomic mass is 16.5. The first-order valence-electron chi connectivity index (χ1n) is 12.0. The molecule has 2 amide bonds. The van der Waals surface area contributed by atoms with Gasteiger partial charge in [-0.25, -0.2) is 9.59 Å². The molecule has 10 nitrogen and oxygen atoms in total. The molecule has 1 aliphatic carbocycles. The van der Waals surface area contributed by atoms with Crippen molar-refractivity contribution in [3.63, 3.8) is 0 Å². The lowest BCUT2D eigenvalue weighted by atomic mass is 9.92. The second-order valence-electron chi connectivity index (χ2n) is 9.01. The van der Waals surface area contributed by atoms with Gasteiger partial charge >= 0.3 is 12.1 Å². The molecule has 0 spiro atoms. The molecule has 1 aliphatic rings. The van der Waals surface area contributed by atoms with Crippen LogP contribution in [-0.4, -0.2) is 46.3 Å². The van der Waals surface area contributed by atoms with Crippen LogP contribution in [0.15, 0.2) is 42.5 Å². The molecule has 0 radical (unpaired) electrons. The van der Waals surface area contributed by atoms with Gasteiger partial charge in [0.05, 0.1) is 23.4 Å². The number of hydrogen-bond donors (Lipinski definition) is 5. The third-order valence-corrected chi connectivity index (χ3v) is 6.48. The maximum absolute atomic E-state index is 13.5. The van der Waals surface area contributed by atoms with Crippen LogP contribution in [0.4, 0.5) is 16.2 Å². The van der Waals surface area contributed by atoms with Crippen LogP contribution in [-0.2, 0) is 11.3 Å². The van der Waals surface area contributed by atoms with Gasteiger partial charge < -0.3 is 31.2 Å². The lowest BCUT2D eigenvalue weighted by Crippen LogP contribution is -2.41. The summed E-state index contributed by atoms with van der Waals surface area (Å²) in [5, 5.41) is 15.2. The average molecular weight is 494 g/mol. The molecular formula is C26H31N5O5. The van der Waals surface area contributed by atoms with Crippen molar-refractivity contribution in [1.29, 1.82) is 0 Å². The summed E-state index contributed by atoms with van der Waals surface area (Å²) in [6.45, 7) is 2.31. The van der Waals surface area contributed by atoms with Crippen molar-refractivity contribution in [2.45, 2.75) is 51.2 Å². The number of fused-ring (bicyclic) bond motifs is 1. The van der Waals surface area contributed by atoms with E-state index in [1.807, 2.05) is 0 Å². The van der Waals surface area contributed by atoms with E-state index >= 15 is 0 Å². The molecule has 36 heavy (non-hydrogen) atoms. The summed E-state index contributed by atoms with van der Waals surface area (Å²) in [5.41, 5.74) is 15.3. The third-order valence-electron chi connectivity index (χ3n) is 6.48. The lowest BCUT2D eigenvalue weighted by Gasteiger charge is -2.27. The van der Waals surface area contributed by atoms with Gasteiger partial charge in [-0.15, -0.1) is 0 Å². The molecule has 0 atom stereocenters. The Morgan fingerprint density at radius 2 is 1.78 bits per heavy atom. The van der Waals surface area contributed by atoms with E-state index < -0.39 is 12.1 Å². The fourth-order valence-electron chi connectivity index (χ4n) is 4.65. The number of rotatable bonds is 7. The molecule has 190 valence electrons. The second-order valence-corrected chi connectivity index (χ2v) is 9.01. The summed E-state index contributed by atoms with van der Waals surface area (Å²) in [6.07, 6.45) is 2.11. The standard InChI is InChI=1S/C26H31N5O5/c1-2-36-25(33)16-5-3-15(4-6-16)14-31-21-13-19(30-26(34)35)11-12-20(21)22(28)23(31)24(32)29-18-9-7-17(27)8-10-18/h3-6,11-13,17-18,30H,2,7-10,14,27-28H2,1H3,(H,29,32)(H,34,35). The van der Waals surface area contributed by atoms with Crippen molar-refractivity contribution < 1.29 is 24.2 Å². The van der Waals surface area contributed by atoms with Gasteiger partial charge in [-0.3, -0.25) is 10.1 Å². The molecule has 0 unspecified atom stereocenters. The highest BCUT2D eigenvalue weighted by molar-refractivity contribution is 6.09. The quantitative estimate of drug-likeness (QED) is 0.314. The average Bonchev–Trinajstić information content (AvgIpc) is 3.11. The Balaban J connectivity index is 1.71. The van der Waals surface area contributed by atoms with Crippen molar-refractivity contribution in [2.75, 3.05) is 17.7 Å². The number of nitrogens with zero attached hydrogens (tertiary/aromatic N) is 1. The highest BCUT2D eigenvalue weighted by Crippen LogP contribution is 2.32. The monoisotopic (exact) mass is 493 g/mol. The Morgan fingerprint density at radius 1 is 1.08 bits per heavy atom. The zero-order valence-electron chi connectivity index (χ0n) is 20.1. The number of benzene rings is 2. The predicted molar refractivity (Wildman–Crippen MR) is 137 cm³/mol. The third kappa shape index (κ3) is 5.44. The number of nitrogens with two attached hydrogens (primary N) is 2. The second kappa shape index (κ2) is 10.7. The topological polar surface area (TPSA) is 162 Å². The van der Waals surface area contributed by atoms with E-state index in [0.717, 1.165) is 31.2 Å². The predicted octanol–water partition coefficient (Wildman–Crippen LogP) is 3.54. The molecule has 0 bridgehead atoms. The zero-order chi connectivity index (χ0) is 25.8. The van der Waals surface area contributed by atoms with Crippen LogP contribution in [0.25, 0.3) is 10.9 Å². The van der Waals surface area contributed by atoms with Gasteiger partial charge in [0.2, 0.25) is 0 Å².